The molecule has 116 valence electrons. The van der Waals surface area contributed by atoms with Crippen LogP contribution in [0, 0.1) is 17.0 Å². The van der Waals surface area contributed by atoms with Crippen molar-refractivity contribution in [2.24, 2.45) is 0 Å². The summed E-state index contributed by atoms with van der Waals surface area (Å²) in [7, 11) is 0. The minimum absolute atomic E-state index is 0.0222. The van der Waals surface area contributed by atoms with E-state index in [4.69, 9.17) is 11.6 Å². The standard InChI is InChI=1S/C14H13ClN2O3S2/c1-3-6-16(8-10-4-5-13(15)22-10)14(18)12-7-11(17(19)20)9(2)21-12/h3-5,7H,1,6,8H2,2H3. The molecule has 22 heavy (non-hydrogen) atoms. The number of nitrogens with zero attached hydrogens (tertiary/aromatic N) is 2. The van der Waals surface area contributed by atoms with Crippen molar-refractivity contribution in [2.75, 3.05) is 6.54 Å². The number of aryl methyl sites for hydroxylation is 1. The monoisotopic (exact) mass is 356 g/mol. The number of thiophene rings is 2. The molecule has 2 heterocycles. The smallest absolute Gasteiger partial charge is 0.283 e. The van der Waals surface area contributed by atoms with Gasteiger partial charge in [-0.15, -0.1) is 29.3 Å². The van der Waals surface area contributed by atoms with Crippen LogP contribution in [0.4, 0.5) is 5.69 Å². The van der Waals surface area contributed by atoms with Crippen LogP contribution in [0.1, 0.15) is 19.4 Å². The lowest BCUT2D eigenvalue weighted by molar-refractivity contribution is -0.385. The quantitative estimate of drug-likeness (QED) is 0.434. The van der Waals surface area contributed by atoms with E-state index in [2.05, 4.69) is 6.58 Å². The molecule has 0 aliphatic rings. The first kappa shape index (κ1) is 16.7. The molecule has 0 N–H and O–H groups in total. The zero-order valence-electron chi connectivity index (χ0n) is 11.7. The molecule has 2 aromatic heterocycles. The Hall–Kier alpha value is -1.70. The lowest BCUT2D eigenvalue weighted by Crippen LogP contribution is -2.29. The Balaban J connectivity index is 2.24. The van der Waals surface area contributed by atoms with Crippen LogP contribution in [0.2, 0.25) is 4.34 Å². The number of halogens is 1. The Morgan fingerprint density at radius 1 is 1.50 bits per heavy atom. The number of rotatable bonds is 6. The van der Waals surface area contributed by atoms with Gasteiger partial charge in [0.15, 0.2) is 0 Å². The zero-order valence-corrected chi connectivity index (χ0v) is 14.1. The Morgan fingerprint density at radius 2 is 2.23 bits per heavy atom. The molecule has 0 saturated carbocycles. The van der Waals surface area contributed by atoms with E-state index < -0.39 is 4.92 Å². The van der Waals surface area contributed by atoms with E-state index in [1.54, 1.807) is 24.0 Å². The lowest BCUT2D eigenvalue weighted by atomic mass is 10.3. The Bertz CT molecular complexity index is 723. The summed E-state index contributed by atoms with van der Waals surface area (Å²) in [6.45, 7) is 6.04. The maximum atomic E-state index is 12.6. The summed E-state index contributed by atoms with van der Waals surface area (Å²) in [6, 6.07) is 4.97. The summed E-state index contributed by atoms with van der Waals surface area (Å²) in [4.78, 5) is 26.4. The molecule has 1 amide bonds. The summed E-state index contributed by atoms with van der Waals surface area (Å²) in [5.41, 5.74) is -0.0222. The number of hydrogen-bond donors (Lipinski definition) is 0. The Labute approximate surface area is 140 Å². The molecule has 0 bridgehead atoms. The van der Waals surface area contributed by atoms with Crippen LogP contribution in [-0.2, 0) is 6.54 Å². The third kappa shape index (κ3) is 3.73. The highest BCUT2D eigenvalue weighted by atomic mass is 35.5. The molecule has 8 heteroatoms. The first-order valence-electron chi connectivity index (χ1n) is 6.31. The third-order valence-corrected chi connectivity index (χ3v) is 5.15. The van der Waals surface area contributed by atoms with Crippen molar-refractivity contribution in [3.05, 3.63) is 59.9 Å². The largest absolute Gasteiger partial charge is 0.329 e. The number of amides is 1. The molecule has 0 aliphatic carbocycles. The van der Waals surface area contributed by atoms with Gasteiger partial charge in [-0.05, 0) is 19.1 Å². The summed E-state index contributed by atoms with van der Waals surface area (Å²) < 4.78 is 0.656. The van der Waals surface area contributed by atoms with Crippen molar-refractivity contribution in [3.63, 3.8) is 0 Å². The minimum atomic E-state index is -0.473. The SMILES string of the molecule is C=CCN(Cc1ccc(Cl)s1)C(=O)c1cc([N+](=O)[O-])c(C)s1. The van der Waals surface area contributed by atoms with Gasteiger partial charge in [0.2, 0.25) is 0 Å². The average Bonchev–Trinajstić information content (AvgIpc) is 3.03. The first-order chi connectivity index (χ1) is 10.4. The molecule has 0 unspecified atom stereocenters. The van der Waals surface area contributed by atoms with E-state index in [0.717, 1.165) is 16.2 Å². The molecule has 0 aromatic carbocycles. The van der Waals surface area contributed by atoms with E-state index in [9.17, 15) is 14.9 Å². The number of nitro groups is 1. The molecular formula is C14H13ClN2O3S2. The van der Waals surface area contributed by atoms with Crippen LogP contribution in [0.5, 0.6) is 0 Å². The fourth-order valence-corrected chi connectivity index (χ4v) is 3.97. The van der Waals surface area contributed by atoms with Gasteiger partial charge in [-0.25, -0.2) is 0 Å². The predicted octanol–water partition coefficient (Wildman–Crippen LogP) is 4.51. The van der Waals surface area contributed by atoms with Crippen molar-refractivity contribution in [2.45, 2.75) is 13.5 Å². The van der Waals surface area contributed by atoms with Crippen molar-refractivity contribution in [3.8, 4) is 0 Å². The van der Waals surface area contributed by atoms with Gasteiger partial charge in [-0.3, -0.25) is 14.9 Å². The van der Waals surface area contributed by atoms with Gasteiger partial charge in [0.05, 0.1) is 25.6 Å². The Morgan fingerprint density at radius 3 is 2.73 bits per heavy atom. The topological polar surface area (TPSA) is 63.5 Å². The molecule has 5 nitrogen and oxygen atoms in total. The summed E-state index contributed by atoms with van der Waals surface area (Å²) >= 11 is 8.43. The molecule has 2 rings (SSSR count). The van der Waals surface area contributed by atoms with Gasteiger partial charge in [-0.2, -0.15) is 0 Å². The lowest BCUT2D eigenvalue weighted by Gasteiger charge is -2.19. The fraction of sp³-hybridized carbons (Fsp3) is 0.214. The fourth-order valence-electron chi connectivity index (χ4n) is 1.91. The van der Waals surface area contributed by atoms with E-state index in [1.165, 1.54) is 17.4 Å². The predicted molar refractivity (Wildman–Crippen MR) is 90.0 cm³/mol. The van der Waals surface area contributed by atoms with E-state index in [-0.39, 0.29) is 11.6 Å². The molecule has 0 atom stereocenters. The second-order valence-corrected chi connectivity index (χ2v) is 7.55. The summed E-state index contributed by atoms with van der Waals surface area (Å²) in [6.07, 6.45) is 1.63. The maximum absolute atomic E-state index is 12.6. The Kier molecular flexibility index (Phi) is 5.33. The molecular weight excluding hydrogens is 344 g/mol. The molecule has 0 aliphatic heterocycles. The van der Waals surface area contributed by atoms with Crippen LogP contribution in [-0.4, -0.2) is 22.3 Å². The summed E-state index contributed by atoms with van der Waals surface area (Å²) in [5.74, 6) is -0.245. The number of carbonyl (C=O) groups is 1. The van der Waals surface area contributed by atoms with Gasteiger partial charge < -0.3 is 4.90 Å². The van der Waals surface area contributed by atoms with Gasteiger partial charge in [0, 0.05) is 17.5 Å². The number of hydrogen-bond acceptors (Lipinski definition) is 5. The average molecular weight is 357 g/mol. The highest BCUT2D eigenvalue weighted by molar-refractivity contribution is 7.16. The maximum Gasteiger partial charge on any atom is 0.283 e. The van der Waals surface area contributed by atoms with E-state index in [0.29, 0.717) is 27.2 Å². The molecule has 0 fully saturated rings. The normalized spacial score (nSPS) is 10.5. The van der Waals surface area contributed by atoms with Gasteiger partial charge in [-0.1, -0.05) is 17.7 Å². The molecule has 0 spiro atoms. The summed E-state index contributed by atoms with van der Waals surface area (Å²) in [5, 5.41) is 10.9. The second kappa shape index (κ2) is 7.04. The van der Waals surface area contributed by atoms with Crippen LogP contribution >= 0.6 is 34.3 Å². The molecule has 0 radical (unpaired) electrons. The van der Waals surface area contributed by atoms with E-state index >= 15 is 0 Å². The zero-order chi connectivity index (χ0) is 16.3. The van der Waals surface area contributed by atoms with Gasteiger partial charge in [0.25, 0.3) is 11.6 Å². The van der Waals surface area contributed by atoms with Crippen molar-refractivity contribution < 1.29 is 9.72 Å². The second-order valence-electron chi connectivity index (χ2n) is 4.49. The molecule has 0 saturated heterocycles. The van der Waals surface area contributed by atoms with Crippen LogP contribution < -0.4 is 0 Å². The van der Waals surface area contributed by atoms with Crippen molar-refractivity contribution >= 4 is 45.9 Å². The highest BCUT2D eigenvalue weighted by Gasteiger charge is 2.23. The van der Waals surface area contributed by atoms with Crippen LogP contribution in [0.15, 0.2) is 30.9 Å². The van der Waals surface area contributed by atoms with Gasteiger partial charge in [0.1, 0.15) is 0 Å². The van der Waals surface area contributed by atoms with E-state index in [1.807, 2.05) is 6.07 Å². The van der Waals surface area contributed by atoms with Crippen molar-refractivity contribution in [1.29, 1.82) is 0 Å². The third-order valence-electron chi connectivity index (χ3n) is 2.91. The highest BCUT2D eigenvalue weighted by Crippen LogP contribution is 2.30. The van der Waals surface area contributed by atoms with Crippen molar-refractivity contribution in [1.82, 2.24) is 4.90 Å². The van der Waals surface area contributed by atoms with Crippen LogP contribution in [0.25, 0.3) is 0 Å². The number of carbonyl (C=O) groups excluding carboxylic acids is 1. The molecule has 2 aromatic rings. The van der Waals surface area contributed by atoms with Crippen LogP contribution in [0.3, 0.4) is 0 Å². The first-order valence-corrected chi connectivity index (χ1v) is 8.32. The minimum Gasteiger partial charge on any atom is -0.329 e. The van der Waals surface area contributed by atoms with Gasteiger partial charge >= 0.3 is 0 Å².